The zero-order valence-electron chi connectivity index (χ0n) is 14.1. The molecule has 1 aliphatic rings. The number of methoxy groups -OCH3 is 1. The van der Waals surface area contributed by atoms with Gasteiger partial charge < -0.3 is 18.9 Å². The summed E-state index contributed by atoms with van der Waals surface area (Å²) in [6, 6.07) is 9.77. The van der Waals surface area contributed by atoms with Crippen LogP contribution in [0.5, 0.6) is 23.0 Å². The second-order valence-corrected chi connectivity index (χ2v) is 5.27. The number of nitrogens with zero attached hydrogens (tertiary/aromatic N) is 1. The van der Waals surface area contributed by atoms with Gasteiger partial charge >= 0.3 is 5.97 Å². The maximum Gasteiger partial charge on any atom is 0.308 e. The fourth-order valence-electron chi connectivity index (χ4n) is 2.27. The van der Waals surface area contributed by atoms with Gasteiger partial charge in [0.2, 0.25) is 6.79 Å². The van der Waals surface area contributed by atoms with Crippen LogP contribution in [-0.2, 0) is 4.79 Å². The summed E-state index contributed by atoms with van der Waals surface area (Å²) in [5.74, 6) is 0.981. The second-order valence-electron chi connectivity index (χ2n) is 5.27. The van der Waals surface area contributed by atoms with E-state index in [0.29, 0.717) is 34.1 Å². The van der Waals surface area contributed by atoms with Crippen molar-refractivity contribution in [3.05, 3.63) is 47.5 Å². The smallest absolute Gasteiger partial charge is 0.308 e. The minimum Gasteiger partial charge on any atom is -0.493 e. The first-order valence-corrected chi connectivity index (χ1v) is 7.66. The fraction of sp³-hybridized carbons (Fsp3) is 0.167. The number of ether oxygens (including phenoxy) is 4. The van der Waals surface area contributed by atoms with Gasteiger partial charge in [0.1, 0.15) is 0 Å². The summed E-state index contributed by atoms with van der Waals surface area (Å²) in [6.45, 7) is 1.45. The van der Waals surface area contributed by atoms with Gasteiger partial charge in [0, 0.05) is 12.5 Å². The molecule has 8 heteroatoms. The van der Waals surface area contributed by atoms with Crippen LogP contribution in [-0.4, -0.2) is 32.0 Å². The number of carbonyl (C=O) groups is 2. The molecule has 0 atom stereocenters. The van der Waals surface area contributed by atoms with Crippen molar-refractivity contribution in [1.82, 2.24) is 5.43 Å². The Kier molecular flexibility index (Phi) is 5.02. The molecule has 1 aliphatic heterocycles. The molecule has 134 valence electrons. The molecule has 0 unspecified atom stereocenters. The molecule has 0 aromatic heterocycles. The van der Waals surface area contributed by atoms with Crippen molar-refractivity contribution in [3.8, 4) is 23.0 Å². The molecular weight excluding hydrogens is 340 g/mol. The molecule has 0 bridgehead atoms. The van der Waals surface area contributed by atoms with Crippen LogP contribution in [0.25, 0.3) is 0 Å². The van der Waals surface area contributed by atoms with Gasteiger partial charge in [-0.15, -0.1) is 0 Å². The third kappa shape index (κ3) is 3.92. The minimum absolute atomic E-state index is 0.143. The van der Waals surface area contributed by atoms with Crippen molar-refractivity contribution in [2.24, 2.45) is 5.10 Å². The van der Waals surface area contributed by atoms with E-state index in [1.165, 1.54) is 20.2 Å². The average molecular weight is 356 g/mol. The van der Waals surface area contributed by atoms with Crippen LogP contribution in [0.15, 0.2) is 41.5 Å². The summed E-state index contributed by atoms with van der Waals surface area (Å²) >= 11 is 0. The van der Waals surface area contributed by atoms with Gasteiger partial charge in [-0.2, -0.15) is 5.10 Å². The molecule has 8 nitrogen and oxygen atoms in total. The lowest BCUT2D eigenvalue weighted by Gasteiger charge is -2.08. The molecule has 0 saturated heterocycles. The van der Waals surface area contributed by atoms with Crippen LogP contribution in [0.4, 0.5) is 0 Å². The van der Waals surface area contributed by atoms with E-state index in [-0.39, 0.29) is 12.7 Å². The van der Waals surface area contributed by atoms with E-state index >= 15 is 0 Å². The summed E-state index contributed by atoms with van der Waals surface area (Å²) in [7, 11) is 1.46. The van der Waals surface area contributed by atoms with E-state index in [0.717, 1.165) is 0 Å². The zero-order chi connectivity index (χ0) is 18.5. The first-order valence-electron chi connectivity index (χ1n) is 7.66. The Morgan fingerprint density at radius 2 is 1.92 bits per heavy atom. The Morgan fingerprint density at radius 1 is 1.12 bits per heavy atom. The number of nitrogens with one attached hydrogen (secondary N) is 1. The van der Waals surface area contributed by atoms with E-state index in [1.807, 2.05) is 0 Å². The Labute approximate surface area is 149 Å². The number of fused-ring (bicyclic) bond motifs is 1. The van der Waals surface area contributed by atoms with E-state index in [2.05, 4.69) is 10.5 Å². The number of esters is 1. The summed E-state index contributed by atoms with van der Waals surface area (Å²) in [4.78, 5) is 23.2. The molecule has 0 aliphatic carbocycles. The molecular formula is C18H16N2O6. The lowest BCUT2D eigenvalue weighted by molar-refractivity contribution is -0.132. The number of hydrogen-bond donors (Lipinski definition) is 1. The van der Waals surface area contributed by atoms with Crippen LogP contribution >= 0.6 is 0 Å². The highest BCUT2D eigenvalue weighted by atomic mass is 16.7. The normalized spacial score (nSPS) is 12.1. The van der Waals surface area contributed by atoms with E-state index in [4.69, 9.17) is 18.9 Å². The van der Waals surface area contributed by atoms with E-state index in [1.54, 1.807) is 36.4 Å². The molecule has 1 amide bonds. The molecule has 0 spiro atoms. The maximum atomic E-state index is 12.1. The molecule has 1 heterocycles. The highest BCUT2D eigenvalue weighted by molar-refractivity contribution is 5.95. The number of rotatable bonds is 5. The summed E-state index contributed by atoms with van der Waals surface area (Å²) in [6.07, 6.45) is 1.45. The highest BCUT2D eigenvalue weighted by Crippen LogP contribution is 2.32. The van der Waals surface area contributed by atoms with Crippen molar-refractivity contribution in [1.29, 1.82) is 0 Å². The van der Waals surface area contributed by atoms with Gasteiger partial charge in [0.05, 0.1) is 13.3 Å². The highest BCUT2D eigenvalue weighted by Gasteiger charge is 2.15. The summed E-state index contributed by atoms with van der Waals surface area (Å²) in [5.41, 5.74) is 3.48. The summed E-state index contributed by atoms with van der Waals surface area (Å²) < 4.78 is 20.6. The molecule has 26 heavy (non-hydrogen) atoms. The van der Waals surface area contributed by atoms with Crippen LogP contribution in [0.1, 0.15) is 22.8 Å². The topological polar surface area (TPSA) is 95.5 Å². The van der Waals surface area contributed by atoms with Gasteiger partial charge in [-0.25, -0.2) is 5.43 Å². The molecule has 0 fully saturated rings. The van der Waals surface area contributed by atoms with Crippen LogP contribution in [0, 0.1) is 0 Å². The first kappa shape index (κ1) is 17.3. The average Bonchev–Trinajstić information content (AvgIpc) is 3.10. The van der Waals surface area contributed by atoms with Gasteiger partial charge in [0.25, 0.3) is 5.91 Å². The lowest BCUT2D eigenvalue weighted by Crippen LogP contribution is -2.17. The first-order chi connectivity index (χ1) is 12.6. The van der Waals surface area contributed by atoms with Gasteiger partial charge in [0.15, 0.2) is 23.0 Å². The number of hydrogen-bond acceptors (Lipinski definition) is 7. The molecule has 2 aromatic rings. The van der Waals surface area contributed by atoms with Crippen LogP contribution in [0.3, 0.4) is 0 Å². The number of carbonyl (C=O) groups excluding carboxylic acids is 2. The molecule has 0 saturated carbocycles. The second kappa shape index (κ2) is 7.56. The third-order valence-corrected chi connectivity index (χ3v) is 3.46. The van der Waals surface area contributed by atoms with Crippen molar-refractivity contribution in [3.63, 3.8) is 0 Å². The van der Waals surface area contributed by atoms with E-state index in [9.17, 15) is 9.59 Å². The van der Waals surface area contributed by atoms with Gasteiger partial charge in [-0.1, -0.05) is 0 Å². The molecule has 3 rings (SSSR count). The Balaban J connectivity index is 1.66. The Bertz CT molecular complexity index is 878. The number of amides is 1. The van der Waals surface area contributed by atoms with Crippen LogP contribution in [0.2, 0.25) is 0 Å². The lowest BCUT2D eigenvalue weighted by atomic mass is 10.2. The fourth-order valence-corrected chi connectivity index (χ4v) is 2.27. The third-order valence-electron chi connectivity index (χ3n) is 3.46. The van der Waals surface area contributed by atoms with Crippen molar-refractivity contribution >= 4 is 18.1 Å². The van der Waals surface area contributed by atoms with Gasteiger partial charge in [-0.05, 0) is 42.0 Å². The minimum atomic E-state index is -0.444. The molecule has 0 radical (unpaired) electrons. The van der Waals surface area contributed by atoms with Gasteiger partial charge in [-0.3, -0.25) is 9.59 Å². The molecule has 2 aromatic carbocycles. The predicted molar refractivity (Wildman–Crippen MR) is 91.9 cm³/mol. The zero-order valence-corrected chi connectivity index (χ0v) is 14.1. The van der Waals surface area contributed by atoms with Crippen molar-refractivity contribution < 1.29 is 28.5 Å². The maximum absolute atomic E-state index is 12.1. The monoisotopic (exact) mass is 356 g/mol. The van der Waals surface area contributed by atoms with E-state index < -0.39 is 5.97 Å². The predicted octanol–water partition coefficient (Wildman–Crippen LogP) is 2.11. The standard InChI is InChI=1S/C18H16N2O6/c1-11(21)26-15-5-3-12(7-16(15)23-2)9-19-20-18(22)13-4-6-14-17(8-13)25-10-24-14/h3-9H,10H2,1-2H3,(H,20,22)/b19-9-. The van der Waals surface area contributed by atoms with Crippen molar-refractivity contribution in [2.45, 2.75) is 6.92 Å². The largest absolute Gasteiger partial charge is 0.493 e. The SMILES string of the molecule is COc1cc(/C=N\NC(=O)c2ccc3c(c2)OCO3)ccc1OC(C)=O. The van der Waals surface area contributed by atoms with Crippen molar-refractivity contribution in [2.75, 3.05) is 13.9 Å². The number of benzene rings is 2. The van der Waals surface area contributed by atoms with Crippen LogP contribution < -0.4 is 24.4 Å². The summed E-state index contributed by atoms with van der Waals surface area (Å²) in [5, 5.41) is 3.92. The quantitative estimate of drug-likeness (QED) is 0.382. The Morgan fingerprint density at radius 3 is 2.69 bits per heavy atom. The number of hydrazone groups is 1. The molecule has 1 N–H and O–H groups in total. The Hall–Kier alpha value is -3.55.